The molecule has 0 aliphatic rings. The molecule has 0 fully saturated rings. The quantitative estimate of drug-likeness (QED) is 0.894. The maximum absolute atomic E-state index is 5.60. The van der Waals surface area contributed by atoms with Crippen molar-refractivity contribution in [3.05, 3.63) is 47.8 Å². The summed E-state index contributed by atoms with van der Waals surface area (Å²) in [6, 6.07) is 8.39. The van der Waals surface area contributed by atoms with Crippen LogP contribution in [0.5, 0.6) is 11.8 Å². The molecule has 0 spiro atoms. The first-order valence-corrected chi connectivity index (χ1v) is 6.42. The van der Waals surface area contributed by atoms with Crippen molar-refractivity contribution in [2.75, 3.05) is 7.05 Å². The van der Waals surface area contributed by atoms with E-state index in [-0.39, 0.29) is 0 Å². The minimum Gasteiger partial charge on any atom is -0.424 e. The van der Waals surface area contributed by atoms with Gasteiger partial charge in [0.15, 0.2) is 0 Å². The Labute approximate surface area is 113 Å². The SMILES string of the molecule is CNCc1cnc(Oc2ccc(C(C)C)cc2)nc1. The van der Waals surface area contributed by atoms with Crippen molar-refractivity contribution >= 4 is 0 Å². The van der Waals surface area contributed by atoms with Crippen LogP contribution >= 0.6 is 0 Å². The lowest BCUT2D eigenvalue weighted by molar-refractivity contribution is 0.440. The number of ether oxygens (including phenoxy) is 1. The zero-order valence-electron chi connectivity index (χ0n) is 11.6. The molecule has 0 saturated heterocycles. The predicted octanol–water partition coefficient (Wildman–Crippen LogP) is 3.11. The van der Waals surface area contributed by atoms with Gasteiger partial charge in [0.1, 0.15) is 5.75 Å². The molecule has 0 aliphatic heterocycles. The smallest absolute Gasteiger partial charge is 0.321 e. The number of aromatic nitrogens is 2. The molecule has 0 radical (unpaired) electrons. The minimum atomic E-state index is 0.372. The molecule has 19 heavy (non-hydrogen) atoms. The lowest BCUT2D eigenvalue weighted by Crippen LogP contribution is -2.06. The van der Waals surface area contributed by atoms with Crippen molar-refractivity contribution < 1.29 is 4.74 Å². The van der Waals surface area contributed by atoms with E-state index in [1.165, 1.54) is 5.56 Å². The van der Waals surface area contributed by atoms with Crippen LogP contribution < -0.4 is 10.1 Å². The molecule has 100 valence electrons. The topological polar surface area (TPSA) is 47.0 Å². The molecule has 2 rings (SSSR count). The monoisotopic (exact) mass is 257 g/mol. The number of nitrogens with zero attached hydrogens (tertiary/aromatic N) is 2. The Morgan fingerprint density at radius 2 is 1.74 bits per heavy atom. The maximum atomic E-state index is 5.60. The molecular formula is C15H19N3O. The number of hydrogen-bond acceptors (Lipinski definition) is 4. The Morgan fingerprint density at radius 1 is 1.11 bits per heavy atom. The van der Waals surface area contributed by atoms with Gasteiger partial charge in [-0.15, -0.1) is 0 Å². The van der Waals surface area contributed by atoms with Crippen LogP contribution in [0.1, 0.15) is 30.9 Å². The van der Waals surface area contributed by atoms with E-state index in [2.05, 4.69) is 41.3 Å². The van der Waals surface area contributed by atoms with Crippen molar-refractivity contribution in [1.82, 2.24) is 15.3 Å². The highest BCUT2D eigenvalue weighted by molar-refractivity contribution is 5.30. The zero-order valence-corrected chi connectivity index (χ0v) is 11.6. The van der Waals surface area contributed by atoms with Gasteiger partial charge in [-0.1, -0.05) is 26.0 Å². The first-order valence-electron chi connectivity index (χ1n) is 6.42. The molecule has 1 N–H and O–H groups in total. The highest BCUT2D eigenvalue weighted by Crippen LogP contribution is 2.21. The second-order valence-corrected chi connectivity index (χ2v) is 4.73. The van der Waals surface area contributed by atoms with E-state index >= 15 is 0 Å². The third kappa shape index (κ3) is 3.76. The summed E-state index contributed by atoms with van der Waals surface area (Å²) < 4.78 is 5.60. The summed E-state index contributed by atoms with van der Waals surface area (Å²) in [5.74, 6) is 1.27. The van der Waals surface area contributed by atoms with Crippen molar-refractivity contribution in [1.29, 1.82) is 0 Å². The van der Waals surface area contributed by atoms with Gasteiger partial charge in [-0.25, -0.2) is 9.97 Å². The fourth-order valence-electron chi connectivity index (χ4n) is 1.72. The summed E-state index contributed by atoms with van der Waals surface area (Å²) in [5, 5.41) is 3.05. The summed E-state index contributed by atoms with van der Waals surface area (Å²) >= 11 is 0. The van der Waals surface area contributed by atoms with Crippen LogP contribution in [-0.4, -0.2) is 17.0 Å². The lowest BCUT2D eigenvalue weighted by atomic mass is 10.0. The molecule has 4 heteroatoms. The Hall–Kier alpha value is -1.94. The molecule has 1 aromatic carbocycles. The molecule has 0 amide bonds. The van der Waals surface area contributed by atoms with Gasteiger partial charge in [0.05, 0.1) is 0 Å². The molecule has 1 heterocycles. The largest absolute Gasteiger partial charge is 0.424 e. The lowest BCUT2D eigenvalue weighted by Gasteiger charge is -2.07. The second-order valence-electron chi connectivity index (χ2n) is 4.73. The highest BCUT2D eigenvalue weighted by atomic mass is 16.5. The summed E-state index contributed by atoms with van der Waals surface area (Å²) in [6.07, 6.45) is 3.53. The Morgan fingerprint density at radius 3 is 2.26 bits per heavy atom. The van der Waals surface area contributed by atoms with Crippen LogP contribution in [0.15, 0.2) is 36.7 Å². The van der Waals surface area contributed by atoms with Crippen molar-refractivity contribution in [2.45, 2.75) is 26.3 Å². The predicted molar refractivity (Wildman–Crippen MR) is 75.4 cm³/mol. The second kappa shape index (κ2) is 6.29. The van der Waals surface area contributed by atoms with E-state index < -0.39 is 0 Å². The maximum Gasteiger partial charge on any atom is 0.321 e. The molecule has 1 aromatic heterocycles. The fraction of sp³-hybridized carbons (Fsp3) is 0.333. The first-order chi connectivity index (χ1) is 9.19. The summed E-state index contributed by atoms with van der Waals surface area (Å²) in [6.45, 7) is 5.09. The fourth-order valence-corrected chi connectivity index (χ4v) is 1.72. The number of benzene rings is 1. The molecule has 0 atom stereocenters. The molecule has 0 saturated carbocycles. The highest BCUT2D eigenvalue weighted by Gasteiger charge is 2.02. The van der Waals surface area contributed by atoms with E-state index in [1.807, 2.05) is 19.2 Å². The van der Waals surface area contributed by atoms with Crippen molar-refractivity contribution in [2.24, 2.45) is 0 Å². The zero-order chi connectivity index (χ0) is 13.7. The number of rotatable bonds is 5. The van der Waals surface area contributed by atoms with E-state index in [0.29, 0.717) is 11.9 Å². The Bertz CT molecular complexity index is 506. The molecule has 4 nitrogen and oxygen atoms in total. The standard InChI is InChI=1S/C15H19N3O/c1-11(2)13-4-6-14(7-5-13)19-15-17-9-12(8-16-3)10-18-15/h4-7,9-11,16H,8H2,1-3H3. The molecule has 0 unspecified atom stereocenters. The van der Waals surface area contributed by atoms with Crippen molar-refractivity contribution in [3.63, 3.8) is 0 Å². The summed E-state index contributed by atoms with van der Waals surface area (Å²) in [5.41, 5.74) is 2.32. The third-order valence-corrected chi connectivity index (χ3v) is 2.82. The van der Waals surface area contributed by atoms with Gasteiger partial charge in [-0.05, 0) is 30.7 Å². The summed E-state index contributed by atoms with van der Waals surface area (Å²) in [7, 11) is 1.89. The summed E-state index contributed by atoms with van der Waals surface area (Å²) in [4.78, 5) is 8.35. The minimum absolute atomic E-state index is 0.372. The van der Waals surface area contributed by atoms with Gasteiger partial charge >= 0.3 is 6.01 Å². The van der Waals surface area contributed by atoms with Gasteiger partial charge in [0.25, 0.3) is 0 Å². The van der Waals surface area contributed by atoms with Crippen LogP contribution in [0.3, 0.4) is 0 Å². The van der Waals surface area contributed by atoms with E-state index in [4.69, 9.17) is 4.74 Å². The normalized spacial score (nSPS) is 10.7. The molecular weight excluding hydrogens is 238 g/mol. The van der Waals surface area contributed by atoms with Crippen LogP contribution in [0.25, 0.3) is 0 Å². The van der Waals surface area contributed by atoms with Crippen LogP contribution in [0, 0.1) is 0 Å². The van der Waals surface area contributed by atoms with Gasteiger partial charge in [-0.2, -0.15) is 0 Å². The molecule has 0 aliphatic carbocycles. The van der Waals surface area contributed by atoms with E-state index in [0.717, 1.165) is 17.9 Å². The van der Waals surface area contributed by atoms with Gasteiger partial charge < -0.3 is 10.1 Å². The van der Waals surface area contributed by atoms with E-state index in [1.54, 1.807) is 12.4 Å². The first kappa shape index (κ1) is 13.5. The Balaban J connectivity index is 2.04. The van der Waals surface area contributed by atoms with E-state index in [9.17, 15) is 0 Å². The van der Waals surface area contributed by atoms with Gasteiger partial charge in [0, 0.05) is 24.5 Å². The number of nitrogens with one attached hydrogen (secondary N) is 1. The van der Waals surface area contributed by atoms with Crippen LogP contribution in [0.4, 0.5) is 0 Å². The van der Waals surface area contributed by atoms with Gasteiger partial charge in [-0.3, -0.25) is 0 Å². The average Bonchev–Trinajstić information content (AvgIpc) is 2.42. The van der Waals surface area contributed by atoms with Crippen LogP contribution in [0.2, 0.25) is 0 Å². The third-order valence-electron chi connectivity index (χ3n) is 2.82. The number of hydrogen-bond donors (Lipinski definition) is 1. The van der Waals surface area contributed by atoms with Crippen molar-refractivity contribution in [3.8, 4) is 11.8 Å². The average molecular weight is 257 g/mol. The van der Waals surface area contributed by atoms with Crippen LogP contribution in [-0.2, 0) is 6.54 Å². The molecule has 2 aromatic rings. The van der Waals surface area contributed by atoms with Gasteiger partial charge in [0.2, 0.25) is 0 Å². The molecule has 0 bridgehead atoms. The Kier molecular flexibility index (Phi) is 4.47.